The number of morpholine rings is 1. The summed E-state index contributed by atoms with van der Waals surface area (Å²) in [6.45, 7) is 22.2. The first-order chi connectivity index (χ1) is 33.6. The fourth-order valence-corrected chi connectivity index (χ4v) is 12.8. The van der Waals surface area contributed by atoms with Crippen molar-refractivity contribution in [2.75, 3.05) is 73.2 Å². The Hall–Kier alpha value is -4.28. The number of amides is 1. The number of aryl methyl sites for hydroxylation is 1. The van der Waals surface area contributed by atoms with E-state index in [1.807, 2.05) is 13.1 Å². The van der Waals surface area contributed by atoms with Crippen LogP contribution in [0, 0.1) is 40.9 Å². The summed E-state index contributed by atoms with van der Waals surface area (Å²) in [6.07, 6.45) is 2.66. The average molecular weight is 976 g/mol. The highest BCUT2D eigenvalue weighted by atomic mass is 32.1. The number of hydrogen-bond donors (Lipinski definition) is 3. The van der Waals surface area contributed by atoms with E-state index in [2.05, 4.69) is 120 Å². The van der Waals surface area contributed by atoms with E-state index in [0.717, 1.165) is 81.4 Å². The number of pyridine rings is 1. The Morgan fingerprint density at radius 1 is 1.06 bits per heavy atom. The Balaban J connectivity index is 1.12. The van der Waals surface area contributed by atoms with Crippen LogP contribution >= 0.6 is 11.3 Å². The van der Waals surface area contributed by atoms with Crippen LogP contribution in [0.15, 0.2) is 35.8 Å². The number of rotatable bonds is 9. The molecular weight excluding hydrogens is 903 g/mol. The van der Waals surface area contributed by atoms with Crippen molar-refractivity contribution in [3.63, 3.8) is 0 Å². The molecule has 7 aliphatic rings. The number of aromatic nitrogens is 3. The van der Waals surface area contributed by atoms with Gasteiger partial charge in [0.05, 0.1) is 55.1 Å². The molecule has 5 aliphatic heterocycles. The number of nitrogens with one attached hydrogen (secondary N) is 2. The number of cyclic esters (lactones) is 1. The first-order valence-corrected chi connectivity index (χ1v) is 26.6. The maximum absolute atomic E-state index is 15.3. The fraction of sp³-hybridized carbons (Fsp3) is 0.630. The van der Waals surface area contributed by atoms with Gasteiger partial charge in [-0.3, -0.25) is 34.7 Å². The molecule has 9 atom stereocenters. The van der Waals surface area contributed by atoms with Gasteiger partial charge in [-0.25, -0.2) is 10.4 Å². The molecule has 2 aliphatic carbocycles. The largest absolute Gasteiger partial charge is 0.464 e. The van der Waals surface area contributed by atoms with E-state index in [4.69, 9.17) is 24.2 Å². The number of benzene rings is 1. The third-order valence-corrected chi connectivity index (χ3v) is 17.5. The summed E-state index contributed by atoms with van der Waals surface area (Å²) >= 11 is 1.55. The zero-order chi connectivity index (χ0) is 49.2. The third kappa shape index (κ3) is 9.47. The van der Waals surface area contributed by atoms with Crippen LogP contribution in [-0.2, 0) is 36.8 Å². The van der Waals surface area contributed by atoms with Gasteiger partial charge < -0.3 is 28.8 Å². The smallest absolute Gasteiger partial charge is 0.325 e. The van der Waals surface area contributed by atoms with Crippen LogP contribution < -0.4 is 10.7 Å². The Bertz CT molecular complexity index is 2630. The lowest BCUT2D eigenvalue weighted by atomic mass is 9.73. The second kappa shape index (κ2) is 20.0. The number of thiazole rings is 1. The van der Waals surface area contributed by atoms with Gasteiger partial charge in [-0.2, -0.15) is 0 Å². The molecule has 3 N–H and O–H groups in total. The number of nitrogens with zero attached hydrogens (tertiary/aromatic N) is 7. The Morgan fingerprint density at radius 3 is 2.50 bits per heavy atom. The zero-order valence-electron chi connectivity index (χ0n) is 42.5. The molecule has 6 fully saturated rings. The van der Waals surface area contributed by atoms with Crippen LogP contribution in [0.2, 0.25) is 0 Å². The van der Waals surface area contributed by atoms with Gasteiger partial charge >= 0.3 is 5.97 Å². The monoisotopic (exact) mass is 976 g/mol. The molecule has 2 saturated carbocycles. The quantitative estimate of drug-likeness (QED) is 0.107. The highest BCUT2D eigenvalue weighted by molar-refractivity contribution is 7.10. The molecule has 0 spiro atoms. The number of carbonyl (C=O) groups excluding carboxylic acids is 2. The van der Waals surface area contributed by atoms with Crippen LogP contribution in [0.5, 0.6) is 0 Å². The van der Waals surface area contributed by atoms with Crippen LogP contribution in [0.4, 0.5) is 0 Å². The van der Waals surface area contributed by atoms with Gasteiger partial charge in [-0.1, -0.05) is 45.6 Å². The molecule has 4 saturated heterocycles. The second-order valence-electron chi connectivity index (χ2n) is 21.8. The normalized spacial score (nSPS) is 29.9. The van der Waals surface area contributed by atoms with Crippen molar-refractivity contribution in [3.8, 4) is 34.4 Å². The fourth-order valence-electron chi connectivity index (χ4n) is 11.8. The lowest BCUT2D eigenvalue weighted by Crippen LogP contribution is -2.72. The van der Waals surface area contributed by atoms with Gasteiger partial charge in [0.2, 0.25) is 0 Å². The van der Waals surface area contributed by atoms with Crippen molar-refractivity contribution in [1.82, 2.24) is 45.0 Å². The summed E-state index contributed by atoms with van der Waals surface area (Å²) in [4.78, 5) is 47.3. The number of aliphatic hydroxyl groups excluding tert-OH is 1. The molecule has 0 radical (unpaired) electrons. The first kappa shape index (κ1) is 49.3. The van der Waals surface area contributed by atoms with Gasteiger partial charge in [-0.15, -0.1) is 11.3 Å². The van der Waals surface area contributed by atoms with Crippen LogP contribution in [0.3, 0.4) is 0 Å². The number of aliphatic hydroxyl groups is 1. The number of hydrazine groups is 1. The second-order valence-corrected chi connectivity index (χ2v) is 22.7. The van der Waals surface area contributed by atoms with Crippen LogP contribution in [0.1, 0.15) is 95.3 Å². The maximum Gasteiger partial charge on any atom is 0.325 e. The summed E-state index contributed by atoms with van der Waals surface area (Å²) in [7, 11) is 3.89. The summed E-state index contributed by atoms with van der Waals surface area (Å²) < 4.78 is 20.6. The van der Waals surface area contributed by atoms with Crippen molar-refractivity contribution in [3.05, 3.63) is 57.7 Å². The third-order valence-electron chi connectivity index (χ3n) is 16.6. The maximum atomic E-state index is 15.3. The topological polar surface area (TPSA) is 150 Å². The van der Waals surface area contributed by atoms with Crippen molar-refractivity contribution < 1.29 is 28.9 Å². The molecule has 15 nitrogen and oxygen atoms in total. The summed E-state index contributed by atoms with van der Waals surface area (Å²) in [6, 6.07) is 6.77. The van der Waals surface area contributed by atoms with E-state index in [-0.39, 0.29) is 48.5 Å². The van der Waals surface area contributed by atoms with Gasteiger partial charge in [0.1, 0.15) is 23.3 Å². The number of piperazine rings is 1. The summed E-state index contributed by atoms with van der Waals surface area (Å²) in [5.41, 5.74) is 10.6. The standard InChI is InChI=1S/C54H73N9O6S/c1-10-62-43-14-13-36-26-39(43)41(48(62)40-23-35(28-55-45(40)34(5)67-9)12-11-31(2)60-17-15-59(8)16-18-60)27-54(6,7)30-69-53(66)46-37-24-38(25-37)63(58-46)52(65)47(57-50(64)44-32(3)33(44)4)49(51-56-42(36)29-70-51)61-19-21-68-22-20-61/h13-14,23,26,28-29,31-34,37-38,44,46-47,49-50,57-58,64H,10,15-22,24-25,27,30H2,1-9H3/t31-,32-,33+,34+,37?,38?,44?,46+,47+,49?,50?/m1/s1. The molecule has 3 aromatic heterocycles. The lowest BCUT2D eigenvalue weighted by Gasteiger charge is -2.53. The summed E-state index contributed by atoms with van der Waals surface area (Å²) in [5.74, 6) is 7.23. The minimum absolute atomic E-state index is 0.0172. The number of fused-ring (bicyclic) bond motifs is 4. The average Bonchev–Trinajstić information content (AvgIpc) is 3.61. The van der Waals surface area contributed by atoms with E-state index in [1.54, 1.807) is 23.5 Å². The molecule has 16 heteroatoms. The minimum Gasteiger partial charge on any atom is -0.464 e. The number of esters is 1. The van der Waals surface area contributed by atoms with E-state index >= 15 is 4.79 Å². The first-order valence-electron chi connectivity index (χ1n) is 25.7. The number of carbonyl (C=O) groups is 2. The SMILES string of the molecule is CCn1c(-c2cc(C#C[C@@H](C)N3CCN(C)CC3)cnc2[C@H](C)OC)c2c3cc(ccc31)-c1csc(n1)C(N1CCOCC1)[C@H](NC(O)C1[C@@H](C)[C@H]1C)C(=O)N1N[C@H](C(=O)OCC(C)(C)C2)C2CC1C2. The van der Waals surface area contributed by atoms with Crippen LogP contribution in [0.25, 0.3) is 33.4 Å². The minimum atomic E-state index is -0.902. The highest BCUT2D eigenvalue weighted by Gasteiger charge is 2.54. The molecule has 8 bridgehead atoms. The number of methoxy groups -OCH3 is 1. The number of likely N-dealkylation sites (N-methyl/N-ethyl adjacent to an activating group) is 1. The van der Waals surface area contributed by atoms with Gasteiger partial charge in [0.15, 0.2) is 0 Å². The van der Waals surface area contributed by atoms with Crippen molar-refractivity contribution in [2.45, 2.75) is 117 Å². The Morgan fingerprint density at radius 2 is 1.80 bits per heavy atom. The predicted molar refractivity (Wildman–Crippen MR) is 271 cm³/mol. The Kier molecular flexibility index (Phi) is 14.1. The van der Waals surface area contributed by atoms with E-state index in [1.165, 1.54) is 0 Å². The molecule has 11 rings (SSSR count). The van der Waals surface area contributed by atoms with Gasteiger partial charge in [0.25, 0.3) is 5.91 Å². The van der Waals surface area contributed by atoms with Gasteiger partial charge in [0, 0.05) is 109 Å². The molecular formula is C54H73N9O6S. The molecule has 1 amide bonds. The molecule has 1 aromatic carbocycles. The molecule has 3 unspecified atom stereocenters. The molecule has 8 heterocycles. The predicted octanol–water partition coefficient (Wildman–Crippen LogP) is 5.71. The van der Waals surface area contributed by atoms with Crippen molar-refractivity contribution in [1.29, 1.82) is 0 Å². The van der Waals surface area contributed by atoms with Crippen molar-refractivity contribution >= 4 is 34.1 Å². The van der Waals surface area contributed by atoms with Crippen LogP contribution in [-0.4, -0.2) is 155 Å². The Labute approximate surface area is 417 Å². The molecule has 70 heavy (non-hydrogen) atoms. The summed E-state index contributed by atoms with van der Waals surface area (Å²) in [5, 5.41) is 21.0. The zero-order valence-corrected chi connectivity index (χ0v) is 43.4. The van der Waals surface area contributed by atoms with E-state index in [0.29, 0.717) is 63.9 Å². The van der Waals surface area contributed by atoms with E-state index < -0.39 is 29.8 Å². The van der Waals surface area contributed by atoms with Crippen molar-refractivity contribution in [2.24, 2.45) is 29.1 Å². The molecule has 376 valence electrons. The molecule has 4 aromatic rings. The number of hydrogen-bond acceptors (Lipinski definition) is 14. The lowest BCUT2D eigenvalue weighted by molar-refractivity contribution is -0.172. The van der Waals surface area contributed by atoms with E-state index in [9.17, 15) is 9.90 Å². The number of ether oxygens (including phenoxy) is 3. The highest BCUT2D eigenvalue weighted by Crippen LogP contribution is 2.48. The van der Waals surface area contributed by atoms with Gasteiger partial charge in [-0.05, 0) is 88.6 Å².